The summed E-state index contributed by atoms with van der Waals surface area (Å²) >= 11 is 1.15. The number of H-pyrrole nitrogens is 1. The highest BCUT2D eigenvalue weighted by atomic mass is 32.2. The van der Waals surface area contributed by atoms with Gasteiger partial charge in [0.05, 0.1) is 5.75 Å². The molecule has 0 spiro atoms. The van der Waals surface area contributed by atoms with E-state index < -0.39 is 0 Å². The quantitative estimate of drug-likeness (QED) is 0.771. The van der Waals surface area contributed by atoms with E-state index in [2.05, 4.69) is 4.98 Å². The third-order valence-electron chi connectivity index (χ3n) is 4.26. The van der Waals surface area contributed by atoms with E-state index in [0.29, 0.717) is 10.6 Å². The maximum atomic E-state index is 13.9. The van der Waals surface area contributed by atoms with Gasteiger partial charge in [-0.3, -0.25) is 10.5 Å². The molecular weight excluding hydrogens is 365 g/mol. The molecule has 1 saturated carbocycles. The Bertz CT molecular complexity index is 962. The molecule has 136 valence electrons. The largest absolute Gasteiger partial charge is 0.335 e. The molecule has 0 radical (unpaired) electrons. The molecule has 3 N–H and O–H groups in total. The van der Waals surface area contributed by atoms with Crippen molar-refractivity contribution in [2.75, 3.05) is 11.5 Å². The first-order valence-corrected chi connectivity index (χ1v) is 9.33. The molecule has 0 unspecified atom stereocenters. The van der Waals surface area contributed by atoms with Gasteiger partial charge in [0.2, 0.25) is 5.91 Å². The van der Waals surface area contributed by atoms with Crippen molar-refractivity contribution in [2.45, 2.75) is 30.5 Å². The first kappa shape index (κ1) is 18.7. The van der Waals surface area contributed by atoms with Gasteiger partial charge in [-0.15, -0.1) is 0 Å². The summed E-state index contributed by atoms with van der Waals surface area (Å²) in [6, 6.07) is 11.9. The van der Waals surface area contributed by atoms with E-state index in [1.807, 2.05) is 12.1 Å². The van der Waals surface area contributed by atoms with E-state index in [4.69, 9.17) is 11.0 Å². The second-order valence-corrected chi connectivity index (χ2v) is 7.18. The number of amides is 1. The van der Waals surface area contributed by atoms with Crippen LogP contribution in [0, 0.1) is 28.5 Å². The summed E-state index contributed by atoms with van der Waals surface area (Å²) in [5.74, 6) is -0.229. The lowest BCUT2D eigenvalue weighted by atomic mass is 10.2. The summed E-state index contributed by atoms with van der Waals surface area (Å²) < 4.78 is 13.9. The Hall–Kier alpha value is -3.10. The van der Waals surface area contributed by atoms with Crippen molar-refractivity contribution in [2.24, 2.45) is 0 Å². The highest BCUT2D eigenvalue weighted by Gasteiger charge is 2.33. The van der Waals surface area contributed by atoms with Crippen molar-refractivity contribution in [1.82, 2.24) is 4.90 Å². The Morgan fingerprint density at radius 1 is 1.30 bits per heavy atom. The van der Waals surface area contributed by atoms with Crippen molar-refractivity contribution < 1.29 is 14.2 Å². The molecular formula is C19H17FN5OS+. The molecule has 27 heavy (non-hydrogen) atoms. The number of nitrogens with two attached hydrogens (primary N) is 1. The van der Waals surface area contributed by atoms with E-state index in [1.54, 1.807) is 23.1 Å². The smallest absolute Gasteiger partial charge is 0.289 e. The van der Waals surface area contributed by atoms with Crippen LogP contribution < -0.4 is 10.7 Å². The Balaban J connectivity index is 1.72. The Kier molecular flexibility index (Phi) is 5.58. The Labute approximate surface area is 160 Å². The van der Waals surface area contributed by atoms with Gasteiger partial charge >= 0.3 is 0 Å². The summed E-state index contributed by atoms with van der Waals surface area (Å²) in [6.45, 7) is 0.223. The van der Waals surface area contributed by atoms with Crippen LogP contribution in [-0.4, -0.2) is 22.6 Å². The van der Waals surface area contributed by atoms with Crippen molar-refractivity contribution in [3.05, 3.63) is 52.8 Å². The normalized spacial score (nSPS) is 12.9. The van der Waals surface area contributed by atoms with E-state index in [0.717, 1.165) is 24.6 Å². The third kappa shape index (κ3) is 4.36. The van der Waals surface area contributed by atoms with E-state index in [1.165, 1.54) is 12.1 Å². The summed E-state index contributed by atoms with van der Waals surface area (Å²) in [6.07, 6.45) is 1.81. The van der Waals surface area contributed by atoms with Gasteiger partial charge in [0.25, 0.3) is 5.82 Å². The zero-order valence-electron chi connectivity index (χ0n) is 14.4. The number of pyridine rings is 1. The van der Waals surface area contributed by atoms with Crippen LogP contribution in [0.15, 0.2) is 35.4 Å². The SMILES string of the molecule is N#Cc1cc(C#N)c(SCC(=O)N(Cc2ccccc2F)C2CC2)[nH+]c1N. The number of hydrogen-bond acceptors (Lipinski definition) is 5. The second kappa shape index (κ2) is 8.07. The molecule has 1 aliphatic carbocycles. The van der Waals surface area contributed by atoms with E-state index in [-0.39, 0.29) is 47.0 Å². The number of nitrogens with one attached hydrogen (secondary N) is 1. The molecule has 1 aromatic heterocycles. The first-order valence-electron chi connectivity index (χ1n) is 8.35. The fraction of sp³-hybridized carbons (Fsp3) is 0.263. The number of nitrogen functional groups attached to an aromatic ring is 1. The number of thioether (sulfide) groups is 1. The van der Waals surface area contributed by atoms with Gasteiger partial charge in [0, 0.05) is 18.2 Å². The lowest BCUT2D eigenvalue weighted by molar-refractivity contribution is -0.410. The minimum Gasteiger partial charge on any atom is -0.335 e. The van der Waals surface area contributed by atoms with Crippen molar-refractivity contribution in [3.63, 3.8) is 0 Å². The molecule has 1 aliphatic rings. The van der Waals surface area contributed by atoms with Crippen LogP contribution in [0.5, 0.6) is 0 Å². The molecule has 2 aromatic rings. The number of anilines is 1. The number of carbonyl (C=O) groups excluding carboxylic acids is 1. The zero-order chi connectivity index (χ0) is 19.4. The molecule has 1 amide bonds. The van der Waals surface area contributed by atoms with Crippen molar-refractivity contribution in [1.29, 1.82) is 10.5 Å². The number of rotatable bonds is 6. The van der Waals surface area contributed by atoms with Crippen LogP contribution in [0.1, 0.15) is 29.5 Å². The summed E-state index contributed by atoms with van der Waals surface area (Å²) in [7, 11) is 0. The average Bonchev–Trinajstić information content (AvgIpc) is 3.50. The highest BCUT2D eigenvalue weighted by molar-refractivity contribution is 7.99. The summed E-state index contributed by atoms with van der Waals surface area (Å²) in [5, 5.41) is 18.7. The molecule has 0 atom stereocenters. The van der Waals surface area contributed by atoms with E-state index >= 15 is 0 Å². The Morgan fingerprint density at radius 2 is 2.00 bits per heavy atom. The maximum absolute atomic E-state index is 13.9. The lowest BCUT2D eigenvalue weighted by Gasteiger charge is -2.22. The van der Waals surface area contributed by atoms with Crippen molar-refractivity contribution >= 4 is 23.5 Å². The van der Waals surface area contributed by atoms with Crippen LogP contribution in [0.25, 0.3) is 0 Å². The fourth-order valence-corrected chi connectivity index (χ4v) is 3.54. The maximum Gasteiger partial charge on any atom is 0.289 e. The number of aromatic nitrogens is 1. The fourth-order valence-electron chi connectivity index (χ4n) is 2.67. The highest BCUT2D eigenvalue weighted by Crippen LogP contribution is 2.30. The van der Waals surface area contributed by atoms with E-state index in [9.17, 15) is 14.4 Å². The Morgan fingerprint density at radius 3 is 2.63 bits per heavy atom. The van der Waals surface area contributed by atoms with Crippen LogP contribution in [0.4, 0.5) is 10.2 Å². The predicted molar refractivity (Wildman–Crippen MR) is 97.5 cm³/mol. The molecule has 1 aromatic carbocycles. The number of nitrogens with zero attached hydrogens (tertiary/aromatic N) is 3. The monoisotopic (exact) mass is 382 g/mol. The van der Waals surface area contributed by atoms with Gasteiger partial charge in [-0.05, 0) is 25.0 Å². The number of nitriles is 2. The van der Waals surface area contributed by atoms with Gasteiger partial charge in [-0.1, -0.05) is 30.0 Å². The first-order chi connectivity index (χ1) is 13.0. The van der Waals surface area contributed by atoms with Gasteiger partial charge in [0.1, 0.15) is 29.1 Å². The molecule has 1 fully saturated rings. The molecule has 3 rings (SSSR count). The van der Waals surface area contributed by atoms with Gasteiger partial charge < -0.3 is 4.90 Å². The van der Waals surface area contributed by atoms with Gasteiger partial charge in [0.15, 0.2) is 5.03 Å². The van der Waals surface area contributed by atoms with Crippen molar-refractivity contribution in [3.8, 4) is 12.1 Å². The number of carbonyl (C=O) groups is 1. The molecule has 0 aliphatic heterocycles. The minimum absolute atomic E-state index is 0.0848. The zero-order valence-corrected chi connectivity index (χ0v) is 15.2. The summed E-state index contributed by atoms with van der Waals surface area (Å²) in [5.41, 5.74) is 6.68. The van der Waals surface area contributed by atoms with Crippen LogP contribution in [0.3, 0.4) is 0 Å². The number of halogens is 1. The molecule has 0 bridgehead atoms. The third-order valence-corrected chi connectivity index (χ3v) is 5.26. The van der Waals surface area contributed by atoms with Gasteiger partial charge in [-0.2, -0.15) is 10.5 Å². The molecule has 1 heterocycles. The van der Waals surface area contributed by atoms with Crippen LogP contribution in [-0.2, 0) is 11.3 Å². The topological polar surface area (TPSA) is 108 Å². The molecule has 0 saturated heterocycles. The number of hydrogen-bond donors (Lipinski definition) is 1. The average molecular weight is 382 g/mol. The molecule has 8 heteroatoms. The second-order valence-electron chi connectivity index (χ2n) is 6.20. The minimum atomic E-state index is -0.330. The van der Waals surface area contributed by atoms with Gasteiger partial charge in [-0.25, -0.2) is 9.37 Å². The molecule has 6 nitrogen and oxygen atoms in total. The van der Waals surface area contributed by atoms with Crippen LogP contribution >= 0.6 is 11.8 Å². The predicted octanol–water partition coefficient (Wildman–Crippen LogP) is 2.25. The standard InChI is InChI=1S/C19H16FN5OS/c20-16-4-2-1-3-12(16)10-25(15-5-6-15)17(26)11-27-19-14(9-22)7-13(8-21)18(23)24-19/h1-4,7,15H,5-6,10-11H2,(H2,23,24)/p+1. The summed E-state index contributed by atoms with van der Waals surface area (Å²) in [4.78, 5) is 17.2. The van der Waals surface area contributed by atoms with Crippen LogP contribution in [0.2, 0.25) is 0 Å². The lowest BCUT2D eigenvalue weighted by Crippen LogP contribution is -2.34. The number of benzene rings is 1. The number of aromatic amines is 1.